The Hall–Kier alpha value is -3.07. The topological polar surface area (TPSA) is 106 Å². The van der Waals surface area contributed by atoms with Crippen LogP contribution in [0.15, 0.2) is 35.1 Å². The number of hydrogen-bond donors (Lipinski definition) is 2. The van der Waals surface area contributed by atoms with E-state index in [0.717, 1.165) is 30.4 Å². The number of benzene rings is 1. The maximum atomic E-state index is 12.4. The van der Waals surface area contributed by atoms with Crippen molar-refractivity contribution in [2.75, 3.05) is 0 Å². The Balaban J connectivity index is 1.39. The van der Waals surface area contributed by atoms with Crippen LogP contribution in [0.2, 0.25) is 0 Å². The molecule has 0 saturated heterocycles. The first kappa shape index (κ1) is 18.3. The van der Waals surface area contributed by atoms with E-state index in [9.17, 15) is 14.4 Å². The third kappa shape index (κ3) is 3.79. The van der Waals surface area contributed by atoms with Gasteiger partial charge in [-0.15, -0.1) is 16.4 Å². The average Bonchev–Trinajstić information content (AvgIpc) is 2.99. The Bertz CT molecular complexity index is 1080. The van der Waals surface area contributed by atoms with Gasteiger partial charge in [0.2, 0.25) is 0 Å². The summed E-state index contributed by atoms with van der Waals surface area (Å²) < 4.78 is 0.969. The summed E-state index contributed by atoms with van der Waals surface area (Å²) in [6.45, 7) is -0.335. The fourth-order valence-corrected chi connectivity index (χ4v) is 4.42. The van der Waals surface area contributed by atoms with Gasteiger partial charge in [-0.2, -0.15) is 0 Å². The van der Waals surface area contributed by atoms with Crippen LogP contribution in [0, 0.1) is 0 Å². The minimum atomic E-state index is -0.557. The summed E-state index contributed by atoms with van der Waals surface area (Å²) in [5.74, 6) is -0.915. The summed E-state index contributed by atoms with van der Waals surface area (Å²) in [5.41, 5.74) is 6.04. The van der Waals surface area contributed by atoms with E-state index in [4.69, 9.17) is 0 Å². The Kier molecular flexibility index (Phi) is 5.16. The molecule has 0 unspecified atom stereocenters. The first-order chi connectivity index (χ1) is 13.6. The Labute approximate surface area is 164 Å². The van der Waals surface area contributed by atoms with Crippen molar-refractivity contribution >= 4 is 34.1 Å². The molecule has 8 nitrogen and oxygen atoms in total. The molecule has 0 aliphatic heterocycles. The lowest BCUT2D eigenvalue weighted by atomic mass is 10.1. The van der Waals surface area contributed by atoms with Crippen molar-refractivity contribution in [3.63, 3.8) is 0 Å². The SMILES string of the molecule is O=C(Cn1nnc2ccccc2c1=O)NNC(=O)c1cc2c(s1)CCCCC2. The van der Waals surface area contributed by atoms with E-state index in [0.29, 0.717) is 15.8 Å². The molecule has 144 valence electrons. The summed E-state index contributed by atoms with van der Waals surface area (Å²) >= 11 is 1.48. The second kappa shape index (κ2) is 7.89. The van der Waals surface area contributed by atoms with E-state index >= 15 is 0 Å². The standard InChI is InChI=1S/C19H19N5O3S/c25-17(11-24-19(27)13-7-4-5-8-14(13)20-23-24)21-22-18(26)16-10-12-6-2-1-3-9-15(12)28-16/h4-5,7-8,10H,1-3,6,9,11H2,(H,21,25)(H,22,26). The van der Waals surface area contributed by atoms with Crippen molar-refractivity contribution < 1.29 is 9.59 Å². The molecule has 0 fully saturated rings. The van der Waals surface area contributed by atoms with E-state index in [1.165, 1.54) is 28.2 Å². The van der Waals surface area contributed by atoms with Gasteiger partial charge in [0.15, 0.2) is 0 Å². The lowest BCUT2D eigenvalue weighted by molar-refractivity contribution is -0.122. The predicted octanol–water partition coefficient (Wildman–Crippen LogP) is 1.58. The number of hydrogen-bond acceptors (Lipinski definition) is 6. The molecule has 3 aromatic rings. The maximum Gasteiger partial charge on any atom is 0.279 e. The van der Waals surface area contributed by atoms with Gasteiger partial charge < -0.3 is 0 Å². The van der Waals surface area contributed by atoms with Gasteiger partial charge in [0.1, 0.15) is 12.1 Å². The van der Waals surface area contributed by atoms with Crippen LogP contribution in [-0.2, 0) is 24.2 Å². The molecule has 4 rings (SSSR count). The highest BCUT2D eigenvalue weighted by atomic mass is 32.1. The fourth-order valence-electron chi connectivity index (χ4n) is 3.27. The number of rotatable bonds is 3. The molecule has 0 saturated carbocycles. The van der Waals surface area contributed by atoms with Gasteiger partial charge in [0.25, 0.3) is 17.4 Å². The molecule has 0 bridgehead atoms. The van der Waals surface area contributed by atoms with Gasteiger partial charge in [-0.25, -0.2) is 4.68 Å². The number of thiophene rings is 1. The van der Waals surface area contributed by atoms with Crippen LogP contribution in [0.5, 0.6) is 0 Å². The van der Waals surface area contributed by atoms with Crippen molar-refractivity contribution in [2.45, 2.75) is 38.6 Å². The van der Waals surface area contributed by atoms with Gasteiger partial charge in [0, 0.05) is 4.88 Å². The summed E-state index contributed by atoms with van der Waals surface area (Å²) in [7, 11) is 0. The van der Waals surface area contributed by atoms with Crippen LogP contribution >= 0.6 is 11.3 Å². The van der Waals surface area contributed by atoms with Crippen LogP contribution in [0.25, 0.3) is 10.9 Å². The van der Waals surface area contributed by atoms with E-state index in [2.05, 4.69) is 21.2 Å². The number of carbonyl (C=O) groups is 2. The van der Waals surface area contributed by atoms with E-state index in [-0.39, 0.29) is 12.5 Å². The third-order valence-electron chi connectivity index (χ3n) is 4.71. The first-order valence-electron chi connectivity index (χ1n) is 9.15. The molecule has 2 heterocycles. The Morgan fingerprint density at radius 3 is 2.82 bits per heavy atom. The summed E-state index contributed by atoms with van der Waals surface area (Å²) in [5, 5.41) is 8.08. The van der Waals surface area contributed by atoms with Gasteiger partial charge in [0.05, 0.1) is 10.3 Å². The zero-order valence-electron chi connectivity index (χ0n) is 15.1. The third-order valence-corrected chi connectivity index (χ3v) is 5.94. The molecule has 0 spiro atoms. The Morgan fingerprint density at radius 2 is 1.93 bits per heavy atom. The number of nitrogens with zero attached hydrogens (tertiary/aromatic N) is 3. The van der Waals surface area contributed by atoms with Crippen LogP contribution in [0.3, 0.4) is 0 Å². The molecule has 1 aliphatic rings. The van der Waals surface area contributed by atoms with Crippen molar-refractivity contribution in [3.05, 3.63) is 56.0 Å². The van der Waals surface area contributed by atoms with Gasteiger partial charge in [-0.05, 0) is 49.4 Å². The molecule has 2 amide bonds. The highest BCUT2D eigenvalue weighted by Gasteiger charge is 2.17. The van der Waals surface area contributed by atoms with Gasteiger partial charge >= 0.3 is 0 Å². The van der Waals surface area contributed by atoms with Gasteiger partial charge in [-0.3, -0.25) is 25.2 Å². The van der Waals surface area contributed by atoms with Crippen molar-refractivity contribution in [3.8, 4) is 0 Å². The fraction of sp³-hybridized carbons (Fsp3) is 0.316. The van der Waals surface area contributed by atoms with Crippen LogP contribution < -0.4 is 16.4 Å². The second-order valence-electron chi connectivity index (χ2n) is 6.69. The number of amides is 2. The predicted molar refractivity (Wildman–Crippen MR) is 105 cm³/mol. The zero-order valence-corrected chi connectivity index (χ0v) is 15.9. The van der Waals surface area contributed by atoms with Crippen molar-refractivity contribution in [1.82, 2.24) is 25.8 Å². The van der Waals surface area contributed by atoms with Crippen molar-refractivity contribution in [1.29, 1.82) is 0 Å². The lowest BCUT2D eigenvalue weighted by Gasteiger charge is -2.07. The summed E-state index contributed by atoms with van der Waals surface area (Å²) in [6.07, 6.45) is 5.50. The Morgan fingerprint density at radius 1 is 1.11 bits per heavy atom. The second-order valence-corrected chi connectivity index (χ2v) is 7.83. The van der Waals surface area contributed by atoms with E-state index in [1.54, 1.807) is 24.3 Å². The molecule has 2 aromatic heterocycles. The number of fused-ring (bicyclic) bond motifs is 2. The molecular weight excluding hydrogens is 378 g/mol. The highest BCUT2D eigenvalue weighted by molar-refractivity contribution is 7.14. The van der Waals surface area contributed by atoms with Gasteiger partial charge in [-0.1, -0.05) is 23.8 Å². The number of aromatic nitrogens is 3. The quantitative estimate of drug-likeness (QED) is 0.516. The molecular formula is C19H19N5O3S. The van der Waals surface area contributed by atoms with Crippen LogP contribution in [-0.4, -0.2) is 26.8 Å². The lowest BCUT2D eigenvalue weighted by Crippen LogP contribution is -2.44. The number of carbonyl (C=O) groups excluding carboxylic acids is 2. The van der Waals surface area contributed by atoms with Crippen LogP contribution in [0.4, 0.5) is 0 Å². The van der Waals surface area contributed by atoms with Crippen LogP contribution in [0.1, 0.15) is 39.4 Å². The van der Waals surface area contributed by atoms with E-state index in [1.807, 2.05) is 6.07 Å². The number of hydrazine groups is 1. The molecule has 9 heteroatoms. The molecule has 1 aliphatic carbocycles. The first-order valence-corrected chi connectivity index (χ1v) is 9.97. The highest BCUT2D eigenvalue weighted by Crippen LogP contribution is 2.28. The molecule has 28 heavy (non-hydrogen) atoms. The number of aryl methyl sites for hydroxylation is 2. The number of nitrogens with one attached hydrogen (secondary N) is 2. The molecule has 0 radical (unpaired) electrons. The summed E-state index contributed by atoms with van der Waals surface area (Å²) in [4.78, 5) is 38.7. The molecule has 0 atom stereocenters. The van der Waals surface area contributed by atoms with E-state index < -0.39 is 11.5 Å². The molecule has 2 N–H and O–H groups in total. The average molecular weight is 397 g/mol. The minimum Gasteiger partial charge on any atom is -0.271 e. The smallest absolute Gasteiger partial charge is 0.271 e. The molecule has 1 aromatic carbocycles. The summed E-state index contributed by atoms with van der Waals surface area (Å²) in [6, 6.07) is 8.69. The monoisotopic (exact) mass is 397 g/mol. The van der Waals surface area contributed by atoms with Crippen molar-refractivity contribution in [2.24, 2.45) is 0 Å². The normalized spacial score (nSPS) is 13.6. The maximum absolute atomic E-state index is 12.4. The largest absolute Gasteiger partial charge is 0.279 e. The zero-order chi connectivity index (χ0) is 19.5. The minimum absolute atomic E-state index is 0.335.